The van der Waals surface area contributed by atoms with Crippen molar-refractivity contribution in [2.24, 2.45) is 5.73 Å². The van der Waals surface area contributed by atoms with Gasteiger partial charge in [0, 0.05) is 25.2 Å². The van der Waals surface area contributed by atoms with E-state index in [-0.39, 0.29) is 0 Å². The Kier molecular flexibility index (Phi) is 3.46. The van der Waals surface area contributed by atoms with Gasteiger partial charge in [-0.1, -0.05) is 12.1 Å². The molecule has 0 atom stereocenters. The SMILES string of the molecule is NCc1cccc(-c2nc(N3CCCCC3)no2)c1. The van der Waals surface area contributed by atoms with E-state index in [4.69, 9.17) is 10.3 Å². The molecule has 0 saturated carbocycles. The maximum absolute atomic E-state index is 5.64. The molecule has 1 aliphatic heterocycles. The van der Waals surface area contributed by atoms with Crippen LogP contribution >= 0.6 is 0 Å². The van der Waals surface area contributed by atoms with E-state index in [9.17, 15) is 0 Å². The molecule has 2 N–H and O–H groups in total. The second kappa shape index (κ2) is 5.40. The molecule has 0 spiro atoms. The quantitative estimate of drug-likeness (QED) is 0.914. The van der Waals surface area contributed by atoms with Gasteiger partial charge in [0.15, 0.2) is 0 Å². The van der Waals surface area contributed by atoms with Gasteiger partial charge in [0.25, 0.3) is 11.8 Å². The van der Waals surface area contributed by atoms with Crippen molar-refractivity contribution in [3.8, 4) is 11.5 Å². The van der Waals surface area contributed by atoms with Gasteiger partial charge in [-0.2, -0.15) is 4.98 Å². The van der Waals surface area contributed by atoms with Crippen molar-refractivity contribution >= 4 is 5.95 Å². The third-order valence-electron chi connectivity index (χ3n) is 3.46. The molecule has 0 amide bonds. The normalized spacial score (nSPS) is 15.7. The molecule has 1 fully saturated rings. The van der Waals surface area contributed by atoms with Crippen LogP contribution in [0.15, 0.2) is 28.8 Å². The fourth-order valence-corrected chi connectivity index (χ4v) is 2.39. The fourth-order valence-electron chi connectivity index (χ4n) is 2.39. The number of hydrogen-bond acceptors (Lipinski definition) is 5. The third kappa shape index (κ3) is 2.61. The summed E-state index contributed by atoms with van der Waals surface area (Å²) >= 11 is 0. The van der Waals surface area contributed by atoms with E-state index in [0.29, 0.717) is 18.4 Å². The number of hydrogen-bond donors (Lipinski definition) is 1. The average Bonchev–Trinajstić information content (AvgIpc) is 2.98. The van der Waals surface area contributed by atoms with E-state index in [1.807, 2.05) is 24.3 Å². The first-order valence-electron chi connectivity index (χ1n) is 6.75. The zero-order chi connectivity index (χ0) is 13.1. The summed E-state index contributed by atoms with van der Waals surface area (Å²) in [4.78, 5) is 6.67. The summed E-state index contributed by atoms with van der Waals surface area (Å²) < 4.78 is 5.36. The van der Waals surface area contributed by atoms with Crippen molar-refractivity contribution in [1.82, 2.24) is 10.1 Å². The van der Waals surface area contributed by atoms with Crippen LogP contribution in [0, 0.1) is 0 Å². The lowest BCUT2D eigenvalue weighted by molar-refractivity contribution is 0.426. The van der Waals surface area contributed by atoms with Gasteiger partial charge in [0.05, 0.1) is 0 Å². The molecule has 1 aromatic carbocycles. The van der Waals surface area contributed by atoms with Crippen molar-refractivity contribution in [1.29, 1.82) is 0 Å². The molecule has 5 heteroatoms. The van der Waals surface area contributed by atoms with Crippen molar-refractivity contribution in [2.75, 3.05) is 18.0 Å². The highest BCUT2D eigenvalue weighted by Crippen LogP contribution is 2.23. The lowest BCUT2D eigenvalue weighted by Gasteiger charge is -2.24. The first-order valence-corrected chi connectivity index (χ1v) is 6.75. The Labute approximate surface area is 112 Å². The van der Waals surface area contributed by atoms with Crippen LogP contribution in [0.4, 0.5) is 5.95 Å². The highest BCUT2D eigenvalue weighted by atomic mass is 16.5. The summed E-state index contributed by atoms with van der Waals surface area (Å²) in [5.74, 6) is 1.27. The second-order valence-corrected chi connectivity index (χ2v) is 4.85. The number of nitrogens with zero attached hydrogens (tertiary/aromatic N) is 3. The number of benzene rings is 1. The summed E-state index contributed by atoms with van der Waals surface area (Å²) in [7, 11) is 0. The second-order valence-electron chi connectivity index (χ2n) is 4.85. The van der Waals surface area contributed by atoms with Crippen LogP contribution in [0.5, 0.6) is 0 Å². The highest BCUT2D eigenvalue weighted by Gasteiger charge is 2.17. The number of piperidine rings is 1. The minimum Gasteiger partial charge on any atom is -0.338 e. The highest BCUT2D eigenvalue weighted by molar-refractivity contribution is 5.55. The van der Waals surface area contributed by atoms with Gasteiger partial charge in [0.1, 0.15) is 0 Å². The van der Waals surface area contributed by atoms with E-state index in [1.165, 1.54) is 19.3 Å². The standard InChI is InChI=1S/C14H18N4O/c15-10-11-5-4-6-12(9-11)13-16-14(17-19-13)18-7-2-1-3-8-18/h4-6,9H,1-3,7-8,10,15H2. The van der Waals surface area contributed by atoms with Crippen molar-refractivity contribution in [3.05, 3.63) is 29.8 Å². The number of aromatic nitrogens is 2. The van der Waals surface area contributed by atoms with E-state index >= 15 is 0 Å². The summed E-state index contributed by atoms with van der Waals surface area (Å²) in [6.07, 6.45) is 3.69. The molecule has 3 rings (SSSR count). The molecule has 2 heterocycles. The van der Waals surface area contributed by atoms with Crippen LogP contribution < -0.4 is 10.6 Å². The monoisotopic (exact) mass is 258 g/mol. The Morgan fingerprint density at radius 1 is 1.21 bits per heavy atom. The van der Waals surface area contributed by atoms with Gasteiger partial charge in [-0.05, 0) is 42.1 Å². The molecule has 5 nitrogen and oxygen atoms in total. The van der Waals surface area contributed by atoms with Crippen LogP contribution in [0.3, 0.4) is 0 Å². The van der Waals surface area contributed by atoms with E-state index in [0.717, 1.165) is 24.2 Å². The first-order chi connectivity index (χ1) is 9.36. The molecule has 100 valence electrons. The molecule has 1 saturated heterocycles. The van der Waals surface area contributed by atoms with Crippen molar-refractivity contribution in [3.63, 3.8) is 0 Å². The topological polar surface area (TPSA) is 68.2 Å². The van der Waals surface area contributed by atoms with Gasteiger partial charge in [-0.15, -0.1) is 0 Å². The smallest absolute Gasteiger partial charge is 0.266 e. The average molecular weight is 258 g/mol. The lowest BCUT2D eigenvalue weighted by atomic mass is 10.1. The molecule has 19 heavy (non-hydrogen) atoms. The van der Waals surface area contributed by atoms with Gasteiger partial charge in [-0.3, -0.25) is 0 Å². The van der Waals surface area contributed by atoms with Crippen LogP contribution in [-0.2, 0) is 6.54 Å². The summed E-state index contributed by atoms with van der Waals surface area (Å²) in [6, 6.07) is 7.91. The predicted octanol–water partition coefficient (Wildman–Crippen LogP) is 2.19. The molecule has 1 aromatic heterocycles. The zero-order valence-corrected chi connectivity index (χ0v) is 10.9. The first kappa shape index (κ1) is 12.2. The minimum atomic E-state index is 0.515. The van der Waals surface area contributed by atoms with E-state index < -0.39 is 0 Å². The maximum atomic E-state index is 5.64. The molecule has 2 aromatic rings. The van der Waals surface area contributed by atoms with Crippen molar-refractivity contribution in [2.45, 2.75) is 25.8 Å². The van der Waals surface area contributed by atoms with Gasteiger partial charge < -0.3 is 15.2 Å². The molecule has 0 aliphatic carbocycles. The van der Waals surface area contributed by atoms with Crippen LogP contribution in [0.1, 0.15) is 24.8 Å². The lowest BCUT2D eigenvalue weighted by Crippen LogP contribution is -2.30. The van der Waals surface area contributed by atoms with Crippen LogP contribution in [0.2, 0.25) is 0 Å². The Morgan fingerprint density at radius 2 is 2.05 bits per heavy atom. The van der Waals surface area contributed by atoms with Crippen molar-refractivity contribution < 1.29 is 4.52 Å². The Morgan fingerprint density at radius 3 is 2.84 bits per heavy atom. The van der Waals surface area contributed by atoms with Crippen LogP contribution in [0.25, 0.3) is 11.5 Å². The number of anilines is 1. The van der Waals surface area contributed by atoms with Crippen LogP contribution in [-0.4, -0.2) is 23.2 Å². The predicted molar refractivity (Wildman–Crippen MR) is 73.7 cm³/mol. The summed E-state index contributed by atoms with van der Waals surface area (Å²) in [5.41, 5.74) is 7.64. The maximum Gasteiger partial charge on any atom is 0.266 e. The summed E-state index contributed by atoms with van der Waals surface area (Å²) in [5, 5.41) is 4.08. The Bertz CT molecular complexity index is 546. The van der Waals surface area contributed by atoms with E-state index in [2.05, 4.69) is 15.0 Å². The number of rotatable bonds is 3. The number of nitrogens with two attached hydrogens (primary N) is 1. The zero-order valence-electron chi connectivity index (χ0n) is 10.9. The molecular formula is C14H18N4O. The third-order valence-corrected chi connectivity index (χ3v) is 3.46. The molecule has 0 unspecified atom stereocenters. The van der Waals surface area contributed by atoms with Gasteiger partial charge in [-0.25, -0.2) is 0 Å². The van der Waals surface area contributed by atoms with Gasteiger partial charge in [0.2, 0.25) is 0 Å². The van der Waals surface area contributed by atoms with Gasteiger partial charge >= 0.3 is 0 Å². The molecule has 0 bridgehead atoms. The Hall–Kier alpha value is -1.88. The minimum absolute atomic E-state index is 0.515. The Balaban J connectivity index is 1.83. The van der Waals surface area contributed by atoms with E-state index in [1.54, 1.807) is 0 Å². The molecule has 1 aliphatic rings. The largest absolute Gasteiger partial charge is 0.338 e. The fraction of sp³-hybridized carbons (Fsp3) is 0.429. The summed E-state index contributed by atoms with van der Waals surface area (Å²) in [6.45, 7) is 2.55. The molecular weight excluding hydrogens is 240 g/mol. The molecule has 0 radical (unpaired) electrons.